The van der Waals surface area contributed by atoms with E-state index < -0.39 is 0 Å². The lowest BCUT2D eigenvalue weighted by molar-refractivity contribution is 0.334. The van der Waals surface area contributed by atoms with Crippen molar-refractivity contribution in [3.05, 3.63) is 0 Å². The Balaban J connectivity index is 1.68. The molecule has 0 aromatic carbocycles. The largest absolute Gasteiger partial charge is 0.360 e. The van der Waals surface area contributed by atoms with Crippen molar-refractivity contribution in [1.82, 2.24) is 5.32 Å². The van der Waals surface area contributed by atoms with Crippen LogP contribution in [0.15, 0.2) is 4.99 Å². The zero-order valence-corrected chi connectivity index (χ0v) is 10.3. The number of hydrogen-bond donors (Lipinski definition) is 1. The van der Waals surface area contributed by atoms with E-state index in [2.05, 4.69) is 12.2 Å². The van der Waals surface area contributed by atoms with E-state index >= 15 is 0 Å². The summed E-state index contributed by atoms with van der Waals surface area (Å²) in [4.78, 5) is 4.97. The Bertz CT molecular complexity index is 288. The first kappa shape index (κ1) is 10.0. The van der Waals surface area contributed by atoms with E-state index in [9.17, 15) is 0 Å². The molecular weight excluding hydrogens is 204 g/mol. The SMILES string of the molecule is CC1(NC2=NC3(CCCCC3)CS2)CC1. The molecule has 84 valence electrons. The maximum atomic E-state index is 4.97. The summed E-state index contributed by atoms with van der Waals surface area (Å²) in [6.07, 6.45) is 9.47. The molecule has 2 nitrogen and oxygen atoms in total. The molecule has 3 aliphatic rings. The Hall–Kier alpha value is -0.180. The molecule has 2 fully saturated rings. The van der Waals surface area contributed by atoms with Crippen LogP contribution in [0.5, 0.6) is 0 Å². The minimum atomic E-state index is 0.330. The molecule has 0 aromatic heterocycles. The normalized spacial score (nSPS) is 31.4. The average molecular weight is 224 g/mol. The summed E-state index contributed by atoms with van der Waals surface area (Å²) in [5.74, 6) is 1.23. The van der Waals surface area contributed by atoms with Gasteiger partial charge in [0.15, 0.2) is 5.17 Å². The van der Waals surface area contributed by atoms with Crippen LogP contribution < -0.4 is 5.32 Å². The van der Waals surface area contributed by atoms with Crippen LogP contribution in [-0.2, 0) is 0 Å². The molecule has 3 rings (SSSR count). The van der Waals surface area contributed by atoms with Crippen LogP contribution in [0.2, 0.25) is 0 Å². The molecule has 1 aliphatic heterocycles. The smallest absolute Gasteiger partial charge is 0.157 e. The van der Waals surface area contributed by atoms with E-state index in [0.717, 1.165) is 0 Å². The number of amidine groups is 1. The fraction of sp³-hybridized carbons (Fsp3) is 0.917. The topological polar surface area (TPSA) is 24.4 Å². The first-order valence-corrected chi connectivity index (χ1v) is 7.19. The fourth-order valence-corrected chi connectivity index (χ4v) is 3.92. The third-order valence-electron chi connectivity index (χ3n) is 4.01. The standard InChI is InChI=1S/C12H20N2S/c1-11(7-8-11)13-10-14-12(9-15-10)5-3-2-4-6-12/h2-9H2,1H3,(H,13,14). The van der Waals surface area contributed by atoms with Gasteiger partial charge in [-0.15, -0.1) is 0 Å². The number of nitrogens with zero attached hydrogens (tertiary/aromatic N) is 1. The number of nitrogens with one attached hydrogen (secondary N) is 1. The molecule has 0 unspecified atom stereocenters. The molecule has 0 amide bonds. The molecule has 15 heavy (non-hydrogen) atoms. The monoisotopic (exact) mass is 224 g/mol. The minimum absolute atomic E-state index is 0.330. The van der Waals surface area contributed by atoms with E-state index in [1.54, 1.807) is 0 Å². The zero-order chi connectivity index (χ0) is 10.4. The van der Waals surface area contributed by atoms with Gasteiger partial charge in [0.2, 0.25) is 0 Å². The van der Waals surface area contributed by atoms with E-state index in [-0.39, 0.29) is 0 Å². The highest BCUT2D eigenvalue weighted by Crippen LogP contribution is 2.41. The Kier molecular flexibility index (Phi) is 2.27. The lowest BCUT2D eigenvalue weighted by Crippen LogP contribution is -2.32. The van der Waals surface area contributed by atoms with Gasteiger partial charge in [-0.3, -0.25) is 4.99 Å². The molecular formula is C12H20N2S. The summed E-state index contributed by atoms with van der Waals surface area (Å²) in [5, 5.41) is 4.85. The van der Waals surface area contributed by atoms with Crippen molar-refractivity contribution < 1.29 is 0 Å². The van der Waals surface area contributed by atoms with E-state index in [1.165, 1.54) is 55.9 Å². The predicted octanol–water partition coefficient (Wildman–Crippen LogP) is 2.93. The fourth-order valence-electron chi connectivity index (χ4n) is 2.58. The van der Waals surface area contributed by atoms with Gasteiger partial charge in [-0.1, -0.05) is 31.0 Å². The molecule has 1 N–H and O–H groups in total. The van der Waals surface area contributed by atoms with Gasteiger partial charge in [0.05, 0.1) is 5.54 Å². The van der Waals surface area contributed by atoms with Gasteiger partial charge >= 0.3 is 0 Å². The van der Waals surface area contributed by atoms with E-state index in [0.29, 0.717) is 11.1 Å². The molecule has 0 radical (unpaired) electrons. The van der Waals surface area contributed by atoms with Gasteiger partial charge in [0, 0.05) is 11.3 Å². The van der Waals surface area contributed by atoms with Crippen molar-refractivity contribution in [3.63, 3.8) is 0 Å². The van der Waals surface area contributed by atoms with Crippen molar-refractivity contribution in [2.75, 3.05) is 5.75 Å². The summed E-state index contributed by atoms with van der Waals surface area (Å²) in [6, 6.07) is 0. The van der Waals surface area contributed by atoms with Crippen LogP contribution in [0.4, 0.5) is 0 Å². The molecule has 0 atom stereocenters. The summed E-state index contributed by atoms with van der Waals surface area (Å²) in [5.41, 5.74) is 0.725. The maximum absolute atomic E-state index is 4.97. The van der Waals surface area contributed by atoms with Gasteiger partial charge < -0.3 is 5.32 Å². The first-order valence-electron chi connectivity index (χ1n) is 6.21. The lowest BCUT2D eigenvalue weighted by atomic mass is 9.84. The highest BCUT2D eigenvalue weighted by molar-refractivity contribution is 8.14. The maximum Gasteiger partial charge on any atom is 0.157 e. The Morgan fingerprint density at radius 3 is 2.53 bits per heavy atom. The lowest BCUT2D eigenvalue weighted by Gasteiger charge is -2.29. The molecule has 2 aliphatic carbocycles. The van der Waals surface area contributed by atoms with Crippen molar-refractivity contribution in [2.24, 2.45) is 4.99 Å². The van der Waals surface area contributed by atoms with Gasteiger partial charge in [0.1, 0.15) is 0 Å². The van der Waals surface area contributed by atoms with Crippen molar-refractivity contribution in [2.45, 2.75) is 62.9 Å². The minimum Gasteiger partial charge on any atom is -0.360 e. The number of hydrogen-bond acceptors (Lipinski definition) is 3. The molecule has 2 saturated carbocycles. The summed E-state index contributed by atoms with van der Waals surface area (Å²) in [7, 11) is 0. The van der Waals surface area contributed by atoms with Crippen molar-refractivity contribution in [3.8, 4) is 0 Å². The molecule has 0 aromatic rings. The second kappa shape index (κ2) is 3.41. The number of thioether (sulfide) groups is 1. The second-order valence-corrected chi connectivity index (χ2v) is 6.64. The molecule has 1 spiro atoms. The number of aliphatic imine (C=N–C) groups is 1. The van der Waals surface area contributed by atoms with Crippen molar-refractivity contribution in [1.29, 1.82) is 0 Å². The second-order valence-electron chi connectivity index (χ2n) is 5.68. The number of rotatable bonds is 1. The summed E-state index contributed by atoms with van der Waals surface area (Å²) in [6.45, 7) is 2.31. The molecule has 3 heteroatoms. The zero-order valence-electron chi connectivity index (χ0n) is 9.51. The Morgan fingerprint density at radius 2 is 1.87 bits per heavy atom. The van der Waals surface area contributed by atoms with E-state index in [4.69, 9.17) is 4.99 Å². The Morgan fingerprint density at radius 1 is 1.13 bits per heavy atom. The highest BCUT2D eigenvalue weighted by atomic mass is 32.2. The van der Waals surface area contributed by atoms with Gasteiger partial charge in [0.25, 0.3) is 0 Å². The van der Waals surface area contributed by atoms with E-state index in [1.807, 2.05) is 11.8 Å². The summed E-state index contributed by atoms with van der Waals surface area (Å²) >= 11 is 1.95. The van der Waals surface area contributed by atoms with Crippen LogP contribution in [0, 0.1) is 0 Å². The molecule has 1 heterocycles. The van der Waals surface area contributed by atoms with Crippen LogP contribution in [0.25, 0.3) is 0 Å². The van der Waals surface area contributed by atoms with Gasteiger partial charge in [-0.05, 0) is 32.6 Å². The van der Waals surface area contributed by atoms with Crippen LogP contribution in [-0.4, -0.2) is 22.0 Å². The third-order valence-corrected chi connectivity index (χ3v) is 5.16. The first-order chi connectivity index (χ1) is 7.20. The molecule has 0 saturated heterocycles. The van der Waals surface area contributed by atoms with Crippen LogP contribution in [0.3, 0.4) is 0 Å². The quantitative estimate of drug-likeness (QED) is 0.740. The van der Waals surface area contributed by atoms with Gasteiger partial charge in [-0.25, -0.2) is 0 Å². The highest BCUT2D eigenvalue weighted by Gasteiger charge is 2.42. The van der Waals surface area contributed by atoms with Crippen LogP contribution in [0.1, 0.15) is 51.9 Å². The predicted molar refractivity (Wildman–Crippen MR) is 66.5 cm³/mol. The summed E-state index contributed by atoms with van der Waals surface area (Å²) < 4.78 is 0. The Labute approximate surface area is 96.3 Å². The van der Waals surface area contributed by atoms with Gasteiger partial charge in [-0.2, -0.15) is 0 Å². The third kappa shape index (κ3) is 2.03. The molecule has 0 bridgehead atoms. The van der Waals surface area contributed by atoms with Crippen molar-refractivity contribution >= 4 is 16.9 Å². The van der Waals surface area contributed by atoms with Crippen LogP contribution >= 0.6 is 11.8 Å². The average Bonchev–Trinajstić information content (AvgIpc) is 2.83.